The zero-order valence-corrected chi connectivity index (χ0v) is 12.6. The number of aromatic nitrogens is 1. The first-order valence-electron chi connectivity index (χ1n) is 8.12. The lowest BCUT2D eigenvalue weighted by Crippen LogP contribution is -2.44. The van der Waals surface area contributed by atoms with Crippen LogP contribution in [0.2, 0.25) is 0 Å². The fraction of sp³-hybridized carbons (Fsp3) is 0.706. The SMILES string of the molecule is CCCNC(C1CCC(C)O1)C1CCc2cccnc21. The molecule has 1 aromatic rings. The van der Waals surface area contributed by atoms with Crippen LogP contribution in [0.25, 0.3) is 0 Å². The van der Waals surface area contributed by atoms with Crippen LogP contribution < -0.4 is 5.32 Å². The summed E-state index contributed by atoms with van der Waals surface area (Å²) < 4.78 is 6.16. The standard InChI is InChI=1S/C17H26N2O/c1-3-10-18-17(15-9-6-12(2)20-15)14-8-7-13-5-4-11-19-16(13)14/h4-5,11-12,14-15,17-18H,3,6-10H2,1-2H3. The van der Waals surface area contributed by atoms with Crippen molar-refractivity contribution >= 4 is 0 Å². The molecular formula is C17H26N2O. The molecule has 0 spiro atoms. The summed E-state index contributed by atoms with van der Waals surface area (Å²) in [6.45, 7) is 5.48. The molecule has 3 rings (SSSR count). The Balaban J connectivity index is 1.79. The van der Waals surface area contributed by atoms with Crippen LogP contribution in [0.1, 0.15) is 56.7 Å². The first-order valence-corrected chi connectivity index (χ1v) is 8.12. The Morgan fingerprint density at radius 2 is 2.30 bits per heavy atom. The van der Waals surface area contributed by atoms with Crippen LogP contribution in [0.3, 0.4) is 0 Å². The van der Waals surface area contributed by atoms with E-state index < -0.39 is 0 Å². The molecule has 1 aromatic heterocycles. The van der Waals surface area contributed by atoms with Gasteiger partial charge in [-0.15, -0.1) is 0 Å². The maximum Gasteiger partial charge on any atom is 0.0739 e. The highest BCUT2D eigenvalue weighted by Crippen LogP contribution is 2.38. The molecule has 4 atom stereocenters. The fourth-order valence-corrected chi connectivity index (χ4v) is 3.73. The van der Waals surface area contributed by atoms with E-state index in [4.69, 9.17) is 4.74 Å². The molecule has 1 aliphatic carbocycles. The minimum absolute atomic E-state index is 0.356. The number of nitrogens with zero attached hydrogens (tertiary/aromatic N) is 1. The average Bonchev–Trinajstić information content (AvgIpc) is 3.07. The van der Waals surface area contributed by atoms with Gasteiger partial charge in [-0.25, -0.2) is 0 Å². The third kappa shape index (κ3) is 2.75. The van der Waals surface area contributed by atoms with Crippen molar-refractivity contribution in [1.82, 2.24) is 10.3 Å². The van der Waals surface area contributed by atoms with Gasteiger partial charge in [-0.05, 0) is 57.2 Å². The average molecular weight is 274 g/mol. The van der Waals surface area contributed by atoms with Gasteiger partial charge in [0.2, 0.25) is 0 Å². The number of hydrogen-bond acceptors (Lipinski definition) is 3. The number of rotatable bonds is 5. The van der Waals surface area contributed by atoms with Gasteiger partial charge in [0.25, 0.3) is 0 Å². The Labute approximate surface area is 122 Å². The van der Waals surface area contributed by atoms with Crippen molar-refractivity contribution in [1.29, 1.82) is 0 Å². The third-order valence-corrected chi connectivity index (χ3v) is 4.73. The van der Waals surface area contributed by atoms with Gasteiger partial charge in [0.05, 0.1) is 12.2 Å². The van der Waals surface area contributed by atoms with Gasteiger partial charge in [0, 0.05) is 23.9 Å². The van der Waals surface area contributed by atoms with Crippen LogP contribution in [0, 0.1) is 0 Å². The summed E-state index contributed by atoms with van der Waals surface area (Å²) in [5.41, 5.74) is 2.75. The monoisotopic (exact) mass is 274 g/mol. The zero-order chi connectivity index (χ0) is 13.9. The number of fused-ring (bicyclic) bond motifs is 1. The molecule has 4 unspecified atom stereocenters. The number of aryl methyl sites for hydroxylation is 1. The largest absolute Gasteiger partial charge is 0.374 e. The molecule has 2 heterocycles. The Morgan fingerprint density at radius 3 is 3.05 bits per heavy atom. The molecule has 0 aromatic carbocycles. The molecular weight excluding hydrogens is 248 g/mol. The summed E-state index contributed by atoms with van der Waals surface area (Å²) in [5, 5.41) is 3.75. The minimum atomic E-state index is 0.356. The maximum absolute atomic E-state index is 6.16. The van der Waals surface area contributed by atoms with Crippen molar-refractivity contribution < 1.29 is 4.74 Å². The van der Waals surface area contributed by atoms with E-state index in [0.29, 0.717) is 24.2 Å². The van der Waals surface area contributed by atoms with Crippen molar-refractivity contribution in [2.75, 3.05) is 6.54 Å². The molecule has 3 nitrogen and oxygen atoms in total. The highest BCUT2D eigenvalue weighted by molar-refractivity contribution is 5.30. The van der Waals surface area contributed by atoms with E-state index in [1.165, 1.54) is 43.4 Å². The smallest absolute Gasteiger partial charge is 0.0739 e. The first-order chi connectivity index (χ1) is 9.79. The van der Waals surface area contributed by atoms with E-state index in [0.717, 1.165) is 6.54 Å². The van der Waals surface area contributed by atoms with Crippen LogP contribution in [0.4, 0.5) is 0 Å². The molecule has 110 valence electrons. The quantitative estimate of drug-likeness (QED) is 0.896. The van der Waals surface area contributed by atoms with E-state index >= 15 is 0 Å². The molecule has 1 fully saturated rings. The van der Waals surface area contributed by atoms with Crippen molar-refractivity contribution in [2.24, 2.45) is 0 Å². The number of nitrogens with one attached hydrogen (secondary N) is 1. The second-order valence-electron chi connectivity index (χ2n) is 6.24. The molecule has 0 amide bonds. The summed E-state index contributed by atoms with van der Waals surface area (Å²) in [4.78, 5) is 4.66. The van der Waals surface area contributed by atoms with Gasteiger partial charge in [-0.3, -0.25) is 4.98 Å². The van der Waals surface area contributed by atoms with Crippen molar-refractivity contribution in [2.45, 2.75) is 70.1 Å². The Bertz CT molecular complexity index is 448. The maximum atomic E-state index is 6.16. The predicted octanol–water partition coefficient (Wildman–Crippen LogP) is 3.05. The van der Waals surface area contributed by atoms with Crippen molar-refractivity contribution in [3.8, 4) is 0 Å². The summed E-state index contributed by atoms with van der Waals surface area (Å²) in [6.07, 6.45) is 8.62. The summed E-state index contributed by atoms with van der Waals surface area (Å²) >= 11 is 0. The lowest BCUT2D eigenvalue weighted by Gasteiger charge is -2.30. The van der Waals surface area contributed by atoms with Gasteiger partial charge < -0.3 is 10.1 Å². The third-order valence-electron chi connectivity index (χ3n) is 4.73. The second kappa shape index (κ2) is 6.23. The van der Waals surface area contributed by atoms with Gasteiger partial charge >= 0.3 is 0 Å². The number of ether oxygens (including phenoxy) is 1. The van der Waals surface area contributed by atoms with Crippen LogP contribution in [0.15, 0.2) is 18.3 Å². The molecule has 0 radical (unpaired) electrons. The molecule has 3 heteroatoms. The van der Waals surface area contributed by atoms with Crippen molar-refractivity contribution in [3.63, 3.8) is 0 Å². The van der Waals surface area contributed by atoms with Crippen LogP contribution in [0.5, 0.6) is 0 Å². The van der Waals surface area contributed by atoms with Gasteiger partial charge in [-0.2, -0.15) is 0 Å². The van der Waals surface area contributed by atoms with Crippen molar-refractivity contribution in [3.05, 3.63) is 29.6 Å². The number of hydrogen-bond donors (Lipinski definition) is 1. The molecule has 1 aliphatic heterocycles. The van der Waals surface area contributed by atoms with Crippen LogP contribution >= 0.6 is 0 Å². The molecule has 0 bridgehead atoms. The Kier molecular flexibility index (Phi) is 4.37. The zero-order valence-electron chi connectivity index (χ0n) is 12.6. The van der Waals surface area contributed by atoms with E-state index in [9.17, 15) is 0 Å². The Hall–Kier alpha value is -0.930. The molecule has 1 N–H and O–H groups in total. The minimum Gasteiger partial charge on any atom is -0.374 e. The van der Waals surface area contributed by atoms with E-state index in [-0.39, 0.29) is 0 Å². The summed E-state index contributed by atoms with van der Waals surface area (Å²) in [5.74, 6) is 0.521. The molecule has 2 aliphatic rings. The van der Waals surface area contributed by atoms with Gasteiger partial charge in [0.1, 0.15) is 0 Å². The fourth-order valence-electron chi connectivity index (χ4n) is 3.73. The first kappa shape index (κ1) is 14.0. The summed E-state index contributed by atoms with van der Waals surface area (Å²) in [6, 6.07) is 4.72. The topological polar surface area (TPSA) is 34.1 Å². The van der Waals surface area contributed by atoms with Crippen LogP contribution in [-0.2, 0) is 11.2 Å². The summed E-state index contributed by atoms with van der Waals surface area (Å²) in [7, 11) is 0. The molecule has 0 saturated carbocycles. The van der Waals surface area contributed by atoms with E-state index in [1.807, 2.05) is 6.20 Å². The lowest BCUT2D eigenvalue weighted by molar-refractivity contribution is 0.0252. The van der Waals surface area contributed by atoms with E-state index in [2.05, 4.69) is 36.3 Å². The second-order valence-corrected chi connectivity index (χ2v) is 6.24. The number of pyridine rings is 1. The lowest BCUT2D eigenvalue weighted by atomic mass is 9.91. The van der Waals surface area contributed by atoms with Crippen LogP contribution in [-0.4, -0.2) is 29.8 Å². The Morgan fingerprint density at radius 1 is 1.40 bits per heavy atom. The van der Waals surface area contributed by atoms with E-state index in [1.54, 1.807) is 0 Å². The highest BCUT2D eigenvalue weighted by Gasteiger charge is 2.38. The van der Waals surface area contributed by atoms with Gasteiger partial charge in [0.15, 0.2) is 0 Å². The molecule has 1 saturated heterocycles. The highest BCUT2D eigenvalue weighted by atomic mass is 16.5. The van der Waals surface area contributed by atoms with Gasteiger partial charge in [-0.1, -0.05) is 13.0 Å². The predicted molar refractivity (Wildman–Crippen MR) is 80.9 cm³/mol. The normalized spacial score (nSPS) is 30.4. The molecule has 20 heavy (non-hydrogen) atoms.